The Balaban J connectivity index is 1.63. The number of nitrogens with one attached hydrogen (secondary N) is 1. The molecule has 8 nitrogen and oxygen atoms in total. The van der Waals surface area contributed by atoms with Crippen molar-refractivity contribution in [3.63, 3.8) is 0 Å². The second-order valence-corrected chi connectivity index (χ2v) is 5.87. The third-order valence-electron chi connectivity index (χ3n) is 3.40. The third kappa shape index (κ3) is 3.03. The van der Waals surface area contributed by atoms with Gasteiger partial charge in [-0.25, -0.2) is 4.79 Å². The number of hydrogen-bond donors (Lipinski definition) is 2. The summed E-state index contributed by atoms with van der Waals surface area (Å²) >= 11 is 1.25. The van der Waals surface area contributed by atoms with Gasteiger partial charge in [0, 0.05) is 19.3 Å². The predicted octanol–water partition coefficient (Wildman–Crippen LogP) is 0.939. The van der Waals surface area contributed by atoms with Gasteiger partial charge in [-0.05, 0) is 18.6 Å². The van der Waals surface area contributed by atoms with Gasteiger partial charge in [0.2, 0.25) is 11.0 Å². The van der Waals surface area contributed by atoms with Gasteiger partial charge in [-0.3, -0.25) is 15.1 Å². The monoisotopic (exact) mass is 318 g/mol. The summed E-state index contributed by atoms with van der Waals surface area (Å²) in [6.07, 6.45) is 2.27. The summed E-state index contributed by atoms with van der Waals surface area (Å²) in [5.74, 6) is -0.645. The number of carbonyl (C=O) groups is 2. The summed E-state index contributed by atoms with van der Waals surface area (Å²) in [5, 5.41) is 11.7. The molecular weight excluding hydrogens is 304 g/mol. The highest BCUT2D eigenvalue weighted by atomic mass is 32.1. The van der Waals surface area contributed by atoms with Crippen LogP contribution in [0.4, 0.5) is 9.93 Å². The summed E-state index contributed by atoms with van der Waals surface area (Å²) in [4.78, 5) is 29.0. The van der Waals surface area contributed by atoms with E-state index in [1.54, 1.807) is 11.1 Å². The summed E-state index contributed by atoms with van der Waals surface area (Å²) in [5.41, 5.74) is 5.96. The Kier molecular flexibility index (Phi) is 3.96. The van der Waals surface area contributed by atoms with Crippen molar-refractivity contribution in [2.24, 2.45) is 11.7 Å². The van der Waals surface area contributed by atoms with Crippen LogP contribution < -0.4 is 11.1 Å². The zero-order chi connectivity index (χ0) is 15.5. The van der Waals surface area contributed by atoms with Crippen LogP contribution in [0, 0.1) is 5.92 Å². The van der Waals surface area contributed by atoms with E-state index < -0.39 is 0 Å². The minimum Gasteiger partial charge on any atom is -0.369 e. The number of nitrogens with two attached hydrogens (primary N) is 1. The highest BCUT2D eigenvalue weighted by molar-refractivity contribution is 7.18. The lowest BCUT2D eigenvalue weighted by Crippen LogP contribution is -2.34. The lowest BCUT2D eigenvalue weighted by molar-refractivity contribution is -0.121. The van der Waals surface area contributed by atoms with Crippen molar-refractivity contribution >= 4 is 28.4 Å². The number of pyridine rings is 1. The number of anilines is 1. The number of nitrogens with zero attached hydrogens (tertiary/aromatic N) is 4. The minimum absolute atomic E-state index is 0.274. The van der Waals surface area contributed by atoms with Crippen LogP contribution in [-0.4, -0.2) is 45.1 Å². The molecule has 0 saturated carbocycles. The van der Waals surface area contributed by atoms with Crippen LogP contribution in [0.2, 0.25) is 0 Å². The average molecular weight is 318 g/mol. The van der Waals surface area contributed by atoms with E-state index in [4.69, 9.17) is 5.73 Å². The molecule has 0 aliphatic carbocycles. The summed E-state index contributed by atoms with van der Waals surface area (Å²) in [6.45, 7) is 0.846. The SMILES string of the molecule is NC(=O)[C@@H]1CCN(C(=O)Nc2nnc(-c3ccccn3)s2)C1. The van der Waals surface area contributed by atoms with Gasteiger partial charge >= 0.3 is 6.03 Å². The highest BCUT2D eigenvalue weighted by Gasteiger charge is 2.30. The fraction of sp³-hybridized carbons (Fsp3) is 0.308. The molecule has 1 atom stereocenters. The van der Waals surface area contributed by atoms with Gasteiger partial charge in [-0.1, -0.05) is 17.4 Å². The molecule has 9 heteroatoms. The van der Waals surface area contributed by atoms with E-state index in [0.717, 1.165) is 0 Å². The van der Waals surface area contributed by atoms with Gasteiger partial charge in [0.15, 0.2) is 5.01 Å². The molecule has 1 saturated heterocycles. The molecule has 0 radical (unpaired) electrons. The molecule has 3 rings (SSSR count). The van der Waals surface area contributed by atoms with Crippen LogP contribution in [0.15, 0.2) is 24.4 Å². The number of carbonyl (C=O) groups excluding carboxylic acids is 2. The summed E-state index contributed by atoms with van der Waals surface area (Å²) in [6, 6.07) is 5.20. The molecule has 0 aromatic carbocycles. The molecule has 3 heterocycles. The van der Waals surface area contributed by atoms with Gasteiger partial charge in [0.25, 0.3) is 0 Å². The van der Waals surface area contributed by atoms with Gasteiger partial charge in [0.1, 0.15) is 5.69 Å². The molecule has 2 aromatic heterocycles. The first-order valence-corrected chi connectivity index (χ1v) is 7.55. The minimum atomic E-state index is -0.372. The van der Waals surface area contributed by atoms with E-state index in [-0.39, 0.29) is 17.9 Å². The lowest BCUT2D eigenvalue weighted by atomic mass is 10.1. The van der Waals surface area contributed by atoms with Crippen molar-refractivity contribution in [3.8, 4) is 10.7 Å². The van der Waals surface area contributed by atoms with Crippen LogP contribution >= 0.6 is 11.3 Å². The number of amides is 3. The molecule has 0 spiro atoms. The van der Waals surface area contributed by atoms with E-state index in [1.165, 1.54) is 11.3 Å². The average Bonchev–Trinajstić information content (AvgIpc) is 3.17. The Morgan fingerprint density at radius 1 is 1.36 bits per heavy atom. The molecule has 3 N–H and O–H groups in total. The quantitative estimate of drug-likeness (QED) is 0.874. The molecule has 1 aliphatic heterocycles. The van der Waals surface area contributed by atoms with Crippen molar-refractivity contribution in [2.45, 2.75) is 6.42 Å². The first-order valence-electron chi connectivity index (χ1n) is 6.73. The predicted molar refractivity (Wildman–Crippen MR) is 81.0 cm³/mol. The molecule has 3 amide bonds. The topological polar surface area (TPSA) is 114 Å². The molecule has 2 aromatic rings. The van der Waals surface area contributed by atoms with E-state index >= 15 is 0 Å². The molecular formula is C13H14N6O2S. The van der Waals surface area contributed by atoms with Gasteiger partial charge in [0.05, 0.1) is 5.92 Å². The fourth-order valence-corrected chi connectivity index (χ4v) is 2.92. The highest BCUT2D eigenvalue weighted by Crippen LogP contribution is 2.25. The number of rotatable bonds is 3. The Bertz CT molecular complexity index is 689. The maximum absolute atomic E-state index is 12.1. The van der Waals surface area contributed by atoms with E-state index in [0.29, 0.717) is 35.3 Å². The van der Waals surface area contributed by atoms with Crippen LogP contribution in [0.3, 0.4) is 0 Å². The molecule has 22 heavy (non-hydrogen) atoms. The second-order valence-electron chi connectivity index (χ2n) is 4.89. The Morgan fingerprint density at radius 2 is 2.23 bits per heavy atom. The zero-order valence-electron chi connectivity index (χ0n) is 11.6. The van der Waals surface area contributed by atoms with Crippen molar-refractivity contribution in [1.82, 2.24) is 20.1 Å². The lowest BCUT2D eigenvalue weighted by Gasteiger charge is -2.15. The Labute approximate surface area is 130 Å². The van der Waals surface area contributed by atoms with E-state index in [2.05, 4.69) is 20.5 Å². The number of likely N-dealkylation sites (tertiary alicyclic amines) is 1. The van der Waals surface area contributed by atoms with Crippen LogP contribution in [0.5, 0.6) is 0 Å². The van der Waals surface area contributed by atoms with Crippen LogP contribution in [-0.2, 0) is 4.79 Å². The van der Waals surface area contributed by atoms with E-state index in [1.807, 2.05) is 18.2 Å². The molecule has 1 aliphatic rings. The second kappa shape index (κ2) is 6.06. The smallest absolute Gasteiger partial charge is 0.323 e. The molecule has 0 bridgehead atoms. The van der Waals surface area contributed by atoms with Crippen molar-refractivity contribution in [3.05, 3.63) is 24.4 Å². The standard InChI is InChI=1S/C13H14N6O2S/c14-10(20)8-4-6-19(7-8)13(21)16-12-18-17-11(22-12)9-3-1-2-5-15-9/h1-3,5,8H,4,6-7H2,(H2,14,20)(H,16,18,21)/t8-/m1/s1. The van der Waals surface area contributed by atoms with Gasteiger partial charge in [-0.15, -0.1) is 10.2 Å². The Hall–Kier alpha value is -2.55. The van der Waals surface area contributed by atoms with Crippen LogP contribution in [0.1, 0.15) is 6.42 Å². The molecule has 114 valence electrons. The number of aromatic nitrogens is 3. The first kappa shape index (κ1) is 14.4. The molecule has 0 unspecified atom stereocenters. The largest absolute Gasteiger partial charge is 0.369 e. The van der Waals surface area contributed by atoms with Crippen molar-refractivity contribution in [1.29, 1.82) is 0 Å². The number of hydrogen-bond acceptors (Lipinski definition) is 6. The number of primary amides is 1. The maximum Gasteiger partial charge on any atom is 0.323 e. The summed E-state index contributed by atoms with van der Waals surface area (Å²) in [7, 11) is 0. The summed E-state index contributed by atoms with van der Waals surface area (Å²) < 4.78 is 0. The zero-order valence-corrected chi connectivity index (χ0v) is 12.4. The Morgan fingerprint density at radius 3 is 2.91 bits per heavy atom. The first-order chi connectivity index (χ1) is 10.6. The van der Waals surface area contributed by atoms with Gasteiger partial charge < -0.3 is 10.6 Å². The van der Waals surface area contributed by atoms with Gasteiger partial charge in [-0.2, -0.15) is 0 Å². The maximum atomic E-state index is 12.1. The van der Waals surface area contributed by atoms with E-state index in [9.17, 15) is 9.59 Å². The fourth-order valence-electron chi connectivity index (χ4n) is 2.21. The van der Waals surface area contributed by atoms with Crippen molar-refractivity contribution in [2.75, 3.05) is 18.4 Å². The third-order valence-corrected chi connectivity index (χ3v) is 4.26. The number of urea groups is 1. The normalized spacial score (nSPS) is 17.5. The van der Waals surface area contributed by atoms with Crippen LogP contribution in [0.25, 0.3) is 10.7 Å². The van der Waals surface area contributed by atoms with Crippen molar-refractivity contribution < 1.29 is 9.59 Å². The molecule has 1 fully saturated rings.